The molecule has 0 aliphatic heterocycles. The highest BCUT2D eigenvalue weighted by atomic mass is 19.2. The summed E-state index contributed by atoms with van der Waals surface area (Å²) in [5, 5.41) is 0. The van der Waals surface area contributed by atoms with Crippen molar-refractivity contribution < 1.29 is 13.2 Å². The Labute approximate surface area is 207 Å². The number of hydrogen-bond acceptors (Lipinski definition) is 0. The molecule has 3 aromatic carbocycles. The van der Waals surface area contributed by atoms with Gasteiger partial charge in [0.25, 0.3) is 0 Å². The summed E-state index contributed by atoms with van der Waals surface area (Å²) in [6, 6.07) is 15.8. The van der Waals surface area contributed by atoms with Crippen LogP contribution in [0.5, 0.6) is 0 Å². The minimum atomic E-state index is -0.846. The van der Waals surface area contributed by atoms with Gasteiger partial charge in [0.1, 0.15) is 5.82 Å². The van der Waals surface area contributed by atoms with Crippen LogP contribution in [-0.4, -0.2) is 0 Å². The van der Waals surface area contributed by atoms with Crippen molar-refractivity contribution in [3.63, 3.8) is 0 Å². The fourth-order valence-corrected chi connectivity index (χ4v) is 6.40. The third-order valence-corrected chi connectivity index (χ3v) is 8.75. The van der Waals surface area contributed by atoms with Crippen molar-refractivity contribution in [3.8, 4) is 22.3 Å². The monoisotopic (exact) mass is 476 g/mol. The van der Waals surface area contributed by atoms with Crippen LogP contribution < -0.4 is 0 Å². The van der Waals surface area contributed by atoms with Crippen LogP contribution in [0.1, 0.15) is 75.3 Å². The molecule has 0 heterocycles. The van der Waals surface area contributed by atoms with Crippen LogP contribution in [0.4, 0.5) is 13.2 Å². The van der Waals surface area contributed by atoms with Gasteiger partial charge in [-0.3, -0.25) is 0 Å². The summed E-state index contributed by atoms with van der Waals surface area (Å²) in [5.41, 5.74) is 3.46. The van der Waals surface area contributed by atoms with Crippen molar-refractivity contribution in [1.29, 1.82) is 0 Å². The summed E-state index contributed by atoms with van der Waals surface area (Å²) < 4.78 is 43.5. The lowest BCUT2D eigenvalue weighted by Crippen LogP contribution is -2.24. The second kappa shape index (κ2) is 10.2. The molecule has 0 amide bonds. The van der Waals surface area contributed by atoms with Gasteiger partial charge in [0.2, 0.25) is 0 Å². The van der Waals surface area contributed by atoms with Gasteiger partial charge in [-0.25, -0.2) is 13.2 Å². The molecule has 184 valence electrons. The van der Waals surface area contributed by atoms with E-state index in [2.05, 4.69) is 13.0 Å². The molecule has 0 spiro atoms. The van der Waals surface area contributed by atoms with Crippen LogP contribution in [0.3, 0.4) is 0 Å². The molecule has 5 rings (SSSR count). The van der Waals surface area contributed by atoms with Crippen LogP contribution >= 0.6 is 0 Å². The maximum atomic E-state index is 15.2. The lowest BCUT2D eigenvalue weighted by molar-refractivity contribution is 0.165. The van der Waals surface area contributed by atoms with Gasteiger partial charge in [-0.2, -0.15) is 0 Å². The van der Waals surface area contributed by atoms with Crippen LogP contribution in [0.2, 0.25) is 0 Å². The van der Waals surface area contributed by atoms with E-state index in [0.717, 1.165) is 41.7 Å². The van der Waals surface area contributed by atoms with E-state index in [0.29, 0.717) is 17.0 Å². The summed E-state index contributed by atoms with van der Waals surface area (Å²) in [7, 11) is 0. The lowest BCUT2D eigenvalue weighted by Gasteiger charge is -2.37. The van der Waals surface area contributed by atoms with E-state index in [1.165, 1.54) is 38.5 Å². The first-order valence-corrected chi connectivity index (χ1v) is 13.3. The molecular formula is C32H35F3. The first-order chi connectivity index (χ1) is 16.9. The fraction of sp³-hybridized carbons (Fsp3) is 0.438. The molecule has 3 aromatic rings. The minimum absolute atomic E-state index is 0.216. The number of benzene rings is 3. The zero-order valence-electron chi connectivity index (χ0n) is 20.8. The molecule has 35 heavy (non-hydrogen) atoms. The molecule has 0 nitrogen and oxygen atoms in total. The highest BCUT2D eigenvalue weighted by molar-refractivity contribution is 5.71. The third-order valence-electron chi connectivity index (χ3n) is 8.75. The molecule has 2 aliphatic rings. The molecule has 0 N–H and O–H groups in total. The highest BCUT2D eigenvalue weighted by Gasteiger charge is 2.30. The number of halogens is 3. The molecule has 2 saturated carbocycles. The summed E-state index contributed by atoms with van der Waals surface area (Å²) in [4.78, 5) is 0. The Bertz CT molecular complexity index is 1160. The Hall–Kier alpha value is -2.55. The van der Waals surface area contributed by atoms with E-state index in [9.17, 15) is 8.78 Å². The topological polar surface area (TPSA) is 0 Å². The van der Waals surface area contributed by atoms with Crippen molar-refractivity contribution in [2.24, 2.45) is 17.8 Å². The Morgan fingerprint density at radius 1 is 0.600 bits per heavy atom. The highest BCUT2D eigenvalue weighted by Crippen LogP contribution is 2.44. The first kappa shape index (κ1) is 24.2. The molecule has 0 atom stereocenters. The van der Waals surface area contributed by atoms with Gasteiger partial charge < -0.3 is 0 Å². The van der Waals surface area contributed by atoms with Crippen molar-refractivity contribution in [2.75, 3.05) is 0 Å². The predicted octanol–water partition coefficient (Wildman–Crippen LogP) is 9.85. The van der Waals surface area contributed by atoms with Crippen molar-refractivity contribution in [1.82, 2.24) is 0 Å². The van der Waals surface area contributed by atoms with Gasteiger partial charge >= 0.3 is 0 Å². The van der Waals surface area contributed by atoms with E-state index in [4.69, 9.17) is 0 Å². The number of rotatable bonds is 4. The zero-order valence-corrected chi connectivity index (χ0v) is 20.8. The molecule has 0 unspecified atom stereocenters. The Kier molecular flexibility index (Phi) is 7.05. The van der Waals surface area contributed by atoms with Gasteiger partial charge in [-0.15, -0.1) is 0 Å². The average Bonchev–Trinajstić information content (AvgIpc) is 2.88. The van der Waals surface area contributed by atoms with Crippen molar-refractivity contribution in [3.05, 3.63) is 83.2 Å². The van der Waals surface area contributed by atoms with Gasteiger partial charge in [-0.1, -0.05) is 68.3 Å². The smallest absolute Gasteiger partial charge is 0.166 e. The fourth-order valence-electron chi connectivity index (χ4n) is 6.40. The molecule has 0 bridgehead atoms. The summed E-state index contributed by atoms with van der Waals surface area (Å²) in [6.45, 7) is 3.92. The second-order valence-corrected chi connectivity index (χ2v) is 11.0. The molecular weight excluding hydrogens is 441 g/mol. The zero-order chi connectivity index (χ0) is 24.5. The normalized spacial score (nSPS) is 24.9. The molecule has 2 fully saturated rings. The standard InChI is InChI=1S/C32H35F3/c1-20-3-6-22(7-4-20)23-8-10-24(11-9-23)27-16-18-28(30(33)19-27)25-12-14-26(15-13-25)29-17-5-21(2)31(34)32(29)35/h5,12-20,22-24H,3-4,6-11H2,1-2H3. The van der Waals surface area contributed by atoms with E-state index in [-0.39, 0.29) is 16.9 Å². The molecule has 0 radical (unpaired) electrons. The largest absolute Gasteiger partial charge is 0.206 e. The van der Waals surface area contributed by atoms with Gasteiger partial charge in [0, 0.05) is 11.1 Å². The molecule has 3 heteroatoms. The van der Waals surface area contributed by atoms with Gasteiger partial charge in [-0.05, 0) is 97.4 Å². The third kappa shape index (κ3) is 5.06. The van der Waals surface area contributed by atoms with Crippen LogP contribution in [0, 0.1) is 42.1 Å². The van der Waals surface area contributed by atoms with E-state index < -0.39 is 11.6 Å². The Balaban J connectivity index is 1.26. The lowest BCUT2D eigenvalue weighted by atomic mass is 9.68. The maximum absolute atomic E-state index is 15.2. The second-order valence-electron chi connectivity index (χ2n) is 11.0. The number of hydrogen-bond donors (Lipinski definition) is 0. The minimum Gasteiger partial charge on any atom is -0.206 e. The van der Waals surface area contributed by atoms with E-state index in [1.54, 1.807) is 49.4 Å². The summed E-state index contributed by atoms with van der Waals surface area (Å²) >= 11 is 0. The van der Waals surface area contributed by atoms with Crippen LogP contribution in [-0.2, 0) is 0 Å². The summed E-state index contributed by atoms with van der Waals surface area (Å²) in [6.07, 6.45) is 10.4. The summed E-state index contributed by atoms with van der Waals surface area (Å²) in [5.74, 6) is 1.21. The van der Waals surface area contributed by atoms with Crippen LogP contribution in [0.25, 0.3) is 22.3 Å². The maximum Gasteiger partial charge on any atom is 0.166 e. The molecule has 2 aliphatic carbocycles. The SMILES string of the molecule is Cc1ccc(-c2ccc(-c3ccc(C4CCC(C5CCC(C)CC5)CC4)cc3F)cc2)c(F)c1F. The quantitative estimate of drug-likeness (QED) is 0.351. The average molecular weight is 477 g/mol. The van der Waals surface area contributed by atoms with E-state index >= 15 is 4.39 Å². The van der Waals surface area contributed by atoms with Crippen molar-refractivity contribution >= 4 is 0 Å². The first-order valence-electron chi connectivity index (χ1n) is 13.3. The Morgan fingerprint density at radius 2 is 1.14 bits per heavy atom. The predicted molar refractivity (Wildman–Crippen MR) is 138 cm³/mol. The number of aryl methyl sites for hydroxylation is 1. The Morgan fingerprint density at radius 3 is 1.74 bits per heavy atom. The molecule has 0 saturated heterocycles. The van der Waals surface area contributed by atoms with E-state index in [1.807, 2.05) is 6.07 Å². The molecule has 0 aromatic heterocycles. The van der Waals surface area contributed by atoms with Crippen molar-refractivity contribution in [2.45, 2.75) is 71.1 Å². The van der Waals surface area contributed by atoms with Gasteiger partial charge in [0.15, 0.2) is 11.6 Å². The van der Waals surface area contributed by atoms with Gasteiger partial charge in [0.05, 0.1) is 0 Å². The van der Waals surface area contributed by atoms with Crippen LogP contribution in [0.15, 0.2) is 54.6 Å².